The third-order valence-corrected chi connectivity index (χ3v) is 6.13. The van der Waals surface area contributed by atoms with E-state index in [1.54, 1.807) is 12.4 Å². The zero-order valence-electron chi connectivity index (χ0n) is 21.0. The van der Waals surface area contributed by atoms with Crippen molar-refractivity contribution in [2.75, 3.05) is 45.1 Å². The third kappa shape index (κ3) is 7.33. The van der Waals surface area contributed by atoms with Crippen LogP contribution in [0.3, 0.4) is 0 Å². The number of benzene rings is 1. The molecule has 3 heterocycles. The number of hydrogen-bond donors (Lipinski definition) is 1. The quantitative estimate of drug-likeness (QED) is 0.445. The Hall–Kier alpha value is -3.90. The Kier molecular flexibility index (Phi) is 8.32. The largest absolute Gasteiger partial charge is 0.573 e. The van der Waals surface area contributed by atoms with Crippen LogP contribution >= 0.6 is 0 Å². The molecule has 1 saturated heterocycles. The summed E-state index contributed by atoms with van der Waals surface area (Å²) in [6.07, 6.45) is 1.26. The molecule has 1 fully saturated rings. The van der Waals surface area contributed by atoms with Gasteiger partial charge in [0, 0.05) is 55.9 Å². The first kappa shape index (κ1) is 27.1. The van der Waals surface area contributed by atoms with Crippen LogP contribution in [0.2, 0.25) is 0 Å². The highest BCUT2D eigenvalue weighted by Gasteiger charge is 2.32. The molecule has 0 radical (unpaired) electrons. The number of piperazine rings is 1. The van der Waals surface area contributed by atoms with Gasteiger partial charge in [-0.3, -0.25) is 29.4 Å². The lowest BCUT2D eigenvalue weighted by Gasteiger charge is -2.31. The molecule has 38 heavy (non-hydrogen) atoms. The highest BCUT2D eigenvalue weighted by Crippen LogP contribution is 2.32. The molecule has 4 rings (SSSR count). The number of ether oxygens (including phenoxy) is 1. The van der Waals surface area contributed by atoms with Crippen molar-refractivity contribution in [1.29, 1.82) is 0 Å². The number of aromatic nitrogens is 3. The van der Waals surface area contributed by atoms with Gasteiger partial charge in [-0.15, -0.1) is 13.2 Å². The molecule has 12 heteroatoms. The fourth-order valence-corrected chi connectivity index (χ4v) is 4.00. The van der Waals surface area contributed by atoms with Crippen molar-refractivity contribution >= 4 is 17.4 Å². The second-order valence-electron chi connectivity index (χ2n) is 9.07. The van der Waals surface area contributed by atoms with Crippen molar-refractivity contribution in [2.24, 2.45) is 0 Å². The van der Waals surface area contributed by atoms with E-state index < -0.39 is 23.8 Å². The molecule has 1 N–H and O–H groups in total. The molecule has 0 saturated carbocycles. The van der Waals surface area contributed by atoms with Crippen molar-refractivity contribution in [3.05, 3.63) is 65.9 Å². The summed E-state index contributed by atoms with van der Waals surface area (Å²) in [6.45, 7) is 4.82. The number of hydrogen-bond acceptors (Lipinski definition) is 8. The molecule has 0 spiro atoms. The molecule has 1 amide bonds. The van der Waals surface area contributed by atoms with E-state index in [1.807, 2.05) is 24.9 Å². The van der Waals surface area contributed by atoms with E-state index in [4.69, 9.17) is 0 Å². The molecule has 1 aliphatic heterocycles. The fraction of sp³-hybridized carbons (Fsp3) is 0.346. The second kappa shape index (κ2) is 11.7. The van der Waals surface area contributed by atoms with Gasteiger partial charge < -0.3 is 15.0 Å². The molecular weight excluding hydrogens is 501 g/mol. The number of ketones is 1. The Morgan fingerprint density at radius 2 is 1.82 bits per heavy atom. The first-order chi connectivity index (χ1) is 18.1. The van der Waals surface area contributed by atoms with Crippen molar-refractivity contribution in [3.63, 3.8) is 0 Å². The molecule has 2 aromatic heterocycles. The minimum atomic E-state index is -4.97. The minimum absolute atomic E-state index is 0.00974. The zero-order chi connectivity index (χ0) is 27.3. The van der Waals surface area contributed by atoms with E-state index in [0.717, 1.165) is 30.3 Å². The molecule has 200 valence electrons. The monoisotopic (exact) mass is 528 g/mol. The van der Waals surface area contributed by atoms with E-state index in [0.29, 0.717) is 24.5 Å². The number of nitrogens with one attached hydrogen (secondary N) is 1. The molecule has 0 atom stereocenters. The van der Waals surface area contributed by atoms with Crippen LogP contribution < -0.4 is 10.1 Å². The number of alkyl halides is 3. The maximum absolute atomic E-state index is 13.0. The van der Waals surface area contributed by atoms with Crippen LogP contribution in [0.25, 0.3) is 11.3 Å². The normalized spacial score (nSPS) is 14.8. The number of likely N-dealkylation sites (N-methyl/N-ethyl adjacent to an activating group) is 1. The number of carbonyl (C=O) groups is 2. The smallest absolute Gasteiger partial charge is 0.404 e. The van der Waals surface area contributed by atoms with Gasteiger partial charge in [-0.2, -0.15) is 0 Å². The van der Waals surface area contributed by atoms with Crippen LogP contribution in [-0.2, 0) is 11.2 Å². The van der Waals surface area contributed by atoms with Crippen molar-refractivity contribution < 1.29 is 27.5 Å². The Bertz CT molecular complexity index is 1290. The molecule has 3 aromatic rings. The Labute approximate surface area is 217 Å². The number of halogens is 3. The number of pyridine rings is 1. The van der Waals surface area contributed by atoms with Crippen LogP contribution in [0.5, 0.6) is 5.75 Å². The maximum atomic E-state index is 13.0. The van der Waals surface area contributed by atoms with Gasteiger partial charge in [0.25, 0.3) is 0 Å². The van der Waals surface area contributed by atoms with Crippen LogP contribution in [0.1, 0.15) is 21.6 Å². The van der Waals surface area contributed by atoms with Crippen molar-refractivity contribution in [1.82, 2.24) is 24.8 Å². The van der Waals surface area contributed by atoms with Gasteiger partial charge in [0.05, 0.1) is 36.2 Å². The number of Topliss-reactive ketones (excluding diaryl/α,β-unsaturated/α-hetero) is 1. The van der Waals surface area contributed by atoms with Gasteiger partial charge in [0.1, 0.15) is 0 Å². The minimum Gasteiger partial charge on any atom is -0.404 e. The molecular formula is C26H27F3N6O3. The van der Waals surface area contributed by atoms with Gasteiger partial charge in [-0.1, -0.05) is 0 Å². The van der Waals surface area contributed by atoms with Gasteiger partial charge >= 0.3 is 6.36 Å². The lowest BCUT2D eigenvalue weighted by Crippen LogP contribution is -2.47. The number of amides is 1. The SMILES string of the molecule is Cc1ccncc1-c1cnc(CC(=O)c2ccc(OC(F)(F)F)c(NC(=O)CN3CCN(C)CC3)c2)cn1. The Morgan fingerprint density at radius 3 is 2.47 bits per heavy atom. The molecule has 1 aromatic carbocycles. The van der Waals surface area contributed by atoms with E-state index in [-0.39, 0.29) is 24.2 Å². The standard InChI is InChI=1S/C26H27F3N6O3/c1-17-5-6-30-14-20(17)22-15-31-19(13-32-22)12-23(36)18-3-4-24(38-26(27,28)29)21(11-18)33-25(37)16-35-9-7-34(2)8-10-35/h3-6,11,13-15H,7-10,12,16H2,1-2H3,(H,33,37). The maximum Gasteiger partial charge on any atom is 0.573 e. The predicted octanol–water partition coefficient (Wildman–Crippen LogP) is 3.36. The predicted molar refractivity (Wildman–Crippen MR) is 134 cm³/mol. The van der Waals surface area contributed by atoms with E-state index >= 15 is 0 Å². The molecule has 0 bridgehead atoms. The van der Waals surface area contributed by atoms with Crippen LogP contribution in [0.15, 0.2) is 49.1 Å². The number of carbonyl (C=O) groups excluding carboxylic acids is 2. The third-order valence-electron chi connectivity index (χ3n) is 6.13. The van der Waals surface area contributed by atoms with Crippen LogP contribution in [0, 0.1) is 6.92 Å². The fourth-order valence-electron chi connectivity index (χ4n) is 4.00. The molecule has 9 nitrogen and oxygen atoms in total. The number of nitrogens with zero attached hydrogens (tertiary/aromatic N) is 5. The molecule has 0 aliphatic carbocycles. The topological polar surface area (TPSA) is 101 Å². The Balaban J connectivity index is 1.48. The molecule has 0 unspecified atom stereocenters. The highest BCUT2D eigenvalue weighted by atomic mass is 19.4. The summed E-state index contributed by atoms with van der Waals surface area (Å²) >= 11 is 0. The summed E-state index contributed by atoms with van der Waals surface area (Å²) in [5.41, 5.74) is 2.64. The van der Waals surface area contributed by atoms with Gasteiger partial charge in [-0.25, -0.2) is 0 Å². The number of anilines is 1. The summed E-state index contributed by atoms with van der Waals surface area (Å²) < 4.78 is 43.0. The summed E-state index contributed by atoms with van der Waals surface area (Å²) in [4.78, 5) is 42.3. The summed E-state index contributed by atoms with van der Waals surface area (Å²) in [6, 6.07) is 5.28. The zero-order valence-corrected chi connectivity index (χ0v) is 21.0. The lowest BCUT2D eigenvalue weighted by molar-refractivity contribution is -0.274. The number of aryl methyl sites for hydroxylation is 1. The Morgan fingerprint density at radius 1 is 1.05 bits per heavy atom. The summed E-state index contributed by atoms with van der Waals surface area (Å²) in [7, 11) is 1.97. The van der Waals surface area contributed by atoms with Gasteiger partial charge in [-0.05, 0) is 43.8 Å². The summed E-state index contributed by atoms with van der Waals surface area (Å²) in [5.74, 6) is -1.51. The van der Waals surface area contributed by atoms with Crippen molar-refractivity contribution in [2.45, 2.75) is 19.7 Å². The van der Waals surface area contributed by atoms with Crippen LogP contribution in [0.4, 0.5) is 18.9 Å². The van der Waals surface area contributed by atoms with E-state index in [1.165, 1.54) is 24.5 Å². The first-order valence-corrected chi connectivity index (χ1v) is 11.9. The van der Waals surface area contributed by atoms with Crippen LogP contribution in [-0.4, -0.2) is 82.6 Å². The van der Waals surface area contributed by atoms with Gasteiger partial charge in [0.2, 0.25) is 5.91 Å². The first-order valence-electron chi connectivity index (χ1n) is 11.9. The molecule has 1 aliphatic rings. The highest BCUT2D eigenvalue weighted by molar-refractivity contribution is 6.00. The van der Waals surface area contributed by atoms with E-state index in [2.05, 4.69) is 29.9 Å². The van der Waals surface area contributed by atoms with Gasteiger partial charge in [0.15, 0.2) is 11.5 Å². The van der Waals surface area contributed by atoms with Crippen molar-refractivity contribution in [3.8, 4) is 17.0 Å². The second-order valence-corrected chi connectivity index (χ2v) is 9.07. The average molecular weight is 529 g/mol. The lowest BCUT2D eigenvalue weighted by atomic mass is 10.1. The van der Waals surface area contributed by atoms with E-state index in [9.17, 15) is 22.8 Å². The number of rotatable bonds is 8. The summed E-state index contributed by atoms with van der Waals surface area (Å²) in [5, 5.41) is 2.48. The average Bonchev–Trinajstić information content (AvgIpc) is 2.86.